The van der Waals surface area contributed by atoms with E-state index in [4.69, 9.17) is 0 Å². The van der Waals surface area contributed by atoms with Gasteiger partial charge in [-0.25, -0.2) is 5.43 Å². The molecule has 0 heterocycles. The molecule has 2 amide bonds. The van der Waals surface area contributed by atoms with Crippen LogP contribution in [0.15, 0.2) is 47.6 Å². The molecule has 0 radical (unpaired) electrons. The molecule has 0 atom stereocenters. The molecule has 6 nitrogen and oxygen atoms in total. The molecule has 0 fully saturated rings. The SMILES string of the molecule is Cc1cccc(C)c1NC(=O)C(=O)N/N=C\c1ccccc1O. The minimum atomic E-state index is -0.890. The molecule has 0 aromatic heterocycles. The van der Waals surface area contributed by atoms with Crippen LogP contribution in [0.3, 0.4) is 0 Å². The number of rotatable bonds is 3. The second-order valence-electron chi connectivity index (χ2n) is 4.98. The Morgan fingerprint density at radius 2 is 1.65 bits per heavy atom. The molecule has 0 spiro atoms. The van der Waals surface area contributed by atoms with Gasteiger partial charge in [-0.2, -0.15) is 5.10 Å². The van der Waals surface area contributed by atoms with Gasteiger partial charge in [0.25, 0.3) is 0 Å². The number of benzene rings is 2. The van der Waals surface area contributed by atoms with Crippen LogP contribution in [0.2, 0.25) is 0 Å². The van der Waals surface area contributed by atoms with Gasteiger partial charge in [0.2, 0.25) is 0 Å². The lowest BCUT2D eigenvalue weighted by molar-refractivity contribution is -0.136. The van der Waals surface area contributed by atoms with Crippen molar-refractivity contribution in [1.82, 2.24) is 5.43 Å². The summed E-state index contributed by atoms with van der Waals surface area (Å²) in [6.45, 7) is 3.69. The van der Waals surface area contributed by atoms with Crippen LogP contribution < -0.4 is 10.7 Å². The lowest BCUT2D eigenvalue weighted by atomic mass is 10.1. The normalized spacial score (nSPS) is 10.5. The van der Waals surface area contributed by atoms with Gasteiger partial charge in [-0.1, -0.05) is 30.3 Å². The van der Waals surface area contributed by atoms with E-state index in [0.29, 0.717) is 11.3 Å². The van der Waals surface area contributed by atoms with E-state index in [1.54, 1.807) is 18.2 Å². The van der Waals surface area contributed by atoms with Crippen LogP contribution in [-0.2, 0) is 9.59 Å². The lowest BCUT2D eigenvalue weighted by Crippen LogP contribution is -2.32. The highest BCUT2D eigenvalue weighted by molar-refractivity contribution is 6.39. The molecule has 6 heteroatoms. The highest BCUT2D eigenvalue weighted by atomic mass is 16.3. The number of carbonyl (C=O) groups is 2. The summed E-state index contributed by atoms with van der Waals surface area (Å²) < 4.78 is 0. The van der Waals surface area contributed by atoms with Crippen LogP contribution in [-0.4, -0.2) is 23.1 Å². The Morgan fingerprint density at radius 1 is 1.00 bits per heavy atom. The van der Waals surface area contributed by atoms with Crippen molar-refractivity contribution < 1.29 is 14.7 Å². The van der Waals surface area contributed by atoms with Gasteiger partial charge in [-0.3, -0.25) is 9.59 Å². The van der Waals surface area contributed by atoms with E-state index in [1.807, 2.05) is 32.0 Å². The molecule has 2 aromatic rings. The molecule has 0 aliphatic heterocycles. The van der Waals surface area contributed by atoms with Gasteiger partial charge >= 0.3 is 11.8 Å². The number of nitrogens with one attached hydrogen (secondary N) is 2. The molecule has 0 bridgehead atoms. The molecule has 0 unspecified atom stereocenters. The molecule has 0 saturated heterocycles. The van der Waals surface area contributed by atoms with Gasteiger partial charge in [0.05, 0.1) is 6.21 Å². The summed E-state index contributed by atoms with van der Waals surface area (Å²) in [6.07, 6.45) is 1.26. The first-order chi connectivity index (χ1) is 11.0. The minimum absolute atomic E-state index is 0.0329. The van der Waals surface area contributed by atoms with E-state index < -0.39 is 11.8 Å². The summed E-state index contributed by atoms with van der Waals surface area (Å²) in [5.41, 5.74) is 4.90. The minimum Gasteiger partial charge on any atom is -0.507 e. The second-order valence-corrected chi connectivity index (χ2v) is 4.98. The summed E-state index contributed by atoms with van der Waals surface area (Å²) >= 11 is 0. The van der Waals surface area contributed by atoms with Crippen molar-refractivity contribution in [3.05, 3.63) is 59.2 Å². The van der Waals surface area contributed by atoms with Crippen LogP contribution in [0, 0.1) is 13.8 Å². The van der Waals surface area contributed by atoms with Crippen LogP contribution in [0.4, 0.5) is 5.69 Å². The second kappa shape index (κ2) is 7.22. The van der Waals surface area contributed by atoms with Gasteiger partial charge in [0.1, 0.15) is 5.75 Å². The van der Waals surface area contributed by atoms with Gasteiger partial charge in [-0.15, -0.1) is 0 Å². The molecular formula is C17H17N3O3. The first-order valence-corrected chi connectivity index (χ1v) is 6.97. The zero-order chi connectivity index (χ0) is 16.8. The largest absolute Gasteiger partial charge is 0.507 e. The van der Waals surface area contributed by atoms with Crippen molar-refractivity contribution in [3.63, 3.8) is 0 Å². The van der Waals surface area contributed by atoms with Crippen molar-refractivity contribution in [1.29, 1.82) is 0 Å². The molecular weight excluding hydrogens is 294 g/mol. The Kier molecular flexibility index (Phi) is 5.09. The van der Waals surface area contributed by atoms with Crippen molar-refractivity contribution in [2.24, 2.45) is 5.10 Å². The topological polar surface area (TPSA) is 90.8 Å². The number of hydrogen-bond donors (Lipinski definition) is 3. The van der Waals surface area contributed by atoms with Gasteiger partial charge in [0.15, 0.2) is 0 Å². The van der Waals surface area contributed by atoms with Crippen LogP contribution >= 0.6 is 0 Å². The van der Waals surface area contributed by atoms with Crippen LogP contribution in [0.5, 0.6) is 5.75 Å². The summed E-state index contributed by atoms with van der Waals surface area (Å²) in [5.74, 6) is -1.67. The number of hydrazone groups is 1. The summed E-state index contributed by atoms with van der Waals surface area (Å²) in [4.78, 5) is 23.6. The molecule has 2 rings (SSSR count). The number of nitrogens with zero attached hydrogens (tertiary/aromatic N) is 1. The maximum Gasteiger partial charge on any atom is 0.329 e. The fourth-order valence-electron chi connectivity index (χ4n) is 1.99. The smallest absolute Gasteiger partial charge is 0.329 e. The highest BCUT2D eigenvalue weighted by Crippen LogP contribution is 2.19. The zero-order valence-corrected chi connectivity index (χ0v) is 12.8. The molecule has 23 heavy (non-hydrogen) atoms. The average Bonchev–Trinajstić information content (AvgIpc) is 2.52. The maximum absolute atomic E-state index is 11.9. The number of anilines is 1. The lowest BCUT2D eigenvalue weighted by Gasteiger charge is -2.10. The monoisotopic (exact) mass is 311 g/mol. The van der Waals surface area contributed by atoms with E-state index in [2.05, 4.69) is 15.8 Å². The number of hydrogen-bond acceptors (Lipinski definition) is 4. The number of aryl methyl sites for hydroxylation is 2. The first-order valence-electron chi connectivity index (χ1n) is 6.97. The Hall–Kier alpha value is -3.15. The number of phenolic OH excluding ortho intramolecular Hbond substituents is 1. The number of aromatic hydroxyl groups is 1. The van der Waals surface area contributed by atoms with Gasteiger partial charge in [0, 0.05) is 11.3 Å². The fourth-order valence-corrected chi connectivity index (χ4v) is 1.99. The van der Waals surface area contributed by atoms with Crippen LogP contribution in [0.25, 0.3) is 0 Å². The standard InChI is InChI=1S/C17H17N3O3/c1-11-6-5-7-12(2)15(11)19-16(22)17(23)20-18-10-13-8-3-4-9-14(13)21/h3-10,21H,1-2H3,(H,19,22)(H,20,23)/b18-10-. The first kappa shape index (κ1) is 16.2. The predicted molar refractivity (Wildman–Crippen MR) is 88.4 cm³/mol. The van der Waals surface area contributed by atoms with E-state index >= 15 is 0 Å². The Morgan fingerprint density at radius 3 is 2.30 bits per heavy atom. The third-order valence-corrected chi connectivity index (χ3v) is 3.23. The maximum atomic E-state index is 11.9. The third-order valence-electron chi connectivity index (χ3n) is 3.23. The van der Waals surface area contributed by atoms with Crippen molar-refractivity contribution in [2.75, 3.05) is 5.32 Å². The Labute approximate surface area is 133 Å². The summed E-state index contributed by atoms with van der Waals surface area (Å²) in [6, 6.07) is 12.1. The predicted octanol–water partition coefficient (Wildman–Crippen LogP) is 2.10. The molecule has 3 N–H and O–H groups in total. The zero-order valence-electron chi connectivity index (χ0n) is 12.8. The van der Waals surface area contributed by atoms with E-state index in [9.17, 15) is 14.7 Å². The third kappa shape index (κ3) is 4.16. The van der Waals surface area contributed by atoms with Crippen molar-refractivity contribution >= 4 is 23.7 Å². The molecule has 0 saturated carbocycles. The van der Waals surface area contributed by atoms with Gasteiger partial charge < -0.3 is 10.4 Å². The van der Waals surface area contributed by atoms with E-state index in [1.165, 1.54) is 12.3 Å². The summed E-state index contributed by atoms with van der Waals surface area (Å²) in [7, 11) is 0. The highest BCUT2D eigenvalue weighted by Gasteiger charge is 2.15. The Bertz CT molecular complexity index is 749. The van der Waals surface area contributed by atoms with Crippen molar-refractivity contribution in [3.8, 4) is 5.75 Å². The number of phenols is 1. The number of amides is 2. The average molecular weight is 311 g/mol. The Balaban J connectivity index is 1.98. The number of carbonyl (C=O) groups excluding carboxylic acids is 2. The molecule has 118 valence electrons. The van der Waals surface area contributed by atoms with Gasteiger partial charge in [-0.05, 0) is 37.1 Å². The van der Waals surface area contributed by atoms with E-state index in [0.717, 1.165) is 11.1 Å². The molecule has 0 aliphatic rings. The van der Waals surface area contributed by atoms with Crippen LogP contribution in [0.1, 0.15) is 16.7 Å². The molecule has 2 aromatic carbocycles. The number of para-hydroxylation sites is 2. The fraction of sp³-hybridized carbons (Fsp3) is 0.118. The van der Waals surface area contributed by atoms with Crippen molar-refractivity contribution in [2.45, 2.75) is 13.8 Å². The molecule has 0 aliphatic carbocycles. The quantitative estimate of drug-likeness (QED) is 0.460. The summed E-state index contributed by atoms with van der Waals surface area (Å²) in [5, 5.41) is 15.8. The van der Waals surface area contributed by atoms with E-state index in [-0.39, 0.29) is 5.75 Å².